The summed E-state index contributed by atoms with van der Waals surface area (Å²) >= 11 is 0. The molecule has 0 spiro atoms. The van der Waals surface area contributed by atoms with Gasteiger partial charge in [0.2, 0.25) is 15.9 Å². The highest BCUT2D eigenvalue weighted by Crippen LogP contribution is 2.15. The Bertz CT molecular complexity index is 633. The first-order valence-corrected chi connectivity index (χ1v) is 7.55. The molecule has 1 amide bonds. The predicted molar refractivity (Wildman–Crippen MR) is 74.3 cm³/mol. The quantitative estimate of drug-likeness (QED) is 0.751. The fraction of sp³-hybridized carbons (Fsp3) is 0.385. The Labute approximate surface area is 118 Å². The molecule has 1 aromatic rings. The number of nitriles is 1. The largest absolute Gasteiger partial charge is 0.354 e. The van der Waals surface area contributed by atoms with Crippen molar-refractivity contribution in [2.75, 3.05) is 13.1 Å². The Morgan fingerprint density at radius 1 is 1.30 bits per heavy atom. The number of sulfonamides is 1. The van der Waals surface area contributed by atoms with Crippen molar-refractivity contribution in [3.63, 3.8) is 0 Å². The molecule has 0 saturated carbocycles. The van der Waals surface area contributed by atoms with E-state index in [0.717, 1.165) is 5.56 Å². The van der Waals surface area contributed by atoms with Crippen LogP contribution in [0, 0.1) is 25.2 Å². The van der Waals surface area contributed by atoms with E-state index >= 15 is 0 Å². The Hall–Kier alpha value is -1.91. The van der Waals surface area contributed by atoms with Crippen LogP contribution in [-0.2, 0) is 14.8 Å². The van der Waals surface area contributed by atoms with Gasteiger partial charge >= 0.3 is 0 Å². The average molecular weight is 295 g/mol. The second-order valence-corrected chi connectivity index (χ2v) is 6.09. The fourth-order valence-corrected chi connectivity index (χ4v) is 2.96. The third-order valence-corrected chi connectivity index (χ3v) is 4.22. The van der Waals surface area contributed by atoms with Gasteiger partial charge in [-0.2, -0.15) is 5.26 Å². The van der Waals surface area contributed by atoms with Crippen LogP contribution in [0.1, 0.15) is 17.5 Å². The highest BCUT2D eigenvalue weighted by atomic mass is 32.2. The van der Waals surface area contributed by atoms with Gasteiger partial charge in [0.25, 0.3) is 0 Å². The minimum atomic E-state index is -3.58. The van der Waals surface area contributed by atoms with Crippen molar-refractivity contribution in [3.05, 3.63) is 29.3 Å². The predicted octanol–water partition coefficient (Wildman–Crippen LogP) is 0.612. The molecule has 0 aliphatic heterocycles. The van der Waals surface area contributed by atoms with E-state index in [1.807, 2.05) is 6.92 Å². The van der Waals surface area contributed by atoms with Crippen molar-refractivity contribution >= 4 is 15.9 Å². The summed E-state index contributed by atoms with van der Waals surface area (Å²) in [5, 5.41) is 10.7. The molecule has 0 saturated heterocycles. The Morgan fingerprint density at radius 2 is 2.00 bits per heavy atom. The zero-order valence-corrected chi connectivity index (χ0v) is 12.3. The summed E-state index contributed by atoms with van der Waals surface area (Å²) in [6, 6.07) is 6.80. The molecule has 20 heavy (non-hydrogen) atoms. The van der Waals surface area contributed by atoms with E-state index < -0.39 is 15.9 Å². The number of nitrogens with zero attached hydrogens (tertiary/aromatic N) is 1. The van der Waals surface area contributed by atoms with Gasteiger partial charge in [-0.05, 0) is 25.5 Å². The third-order valence-electron chi connectivity index (χ3n) is 2.60. The standard InChI is InChI=1S/C13H17N3O3S/c1-10-3-4-12(11(2)9-10)20(18,19)16-8-7-15-13(17)5-6-14/h3-4,9,16H,5,7-8H2,1-2H3,(H,15,17). The Morgan fingerprint density at radius 3 is 2.60 bits per heavy atom. The van der Waals surface area contributed by atoms with Gasteiger partial charge in [-0.15, -0.1) is 0 Å². The molecule has 0 atom stereocenters. The summed E-state index contributed by atoms with van der Waals surface area (Å²) in [5.41, 5.74) is 1.66. The van der Waals surface area contributed by atoms with Crippen LogP contribution >= 0.6 is 0 Å². The van der Waals surface area contributed by atoms with Crippen molar-refractivity contribution in [3.8, 4) is 6.07 Å². The fourth-order valence-electron chi connectivity index (χ4n) is 1.70. The van der Waals surface area contributed by atoms with Gasteiger partial charge in [0.05, 0.1) is 11.0 Å². The van der Waals surface area contributed by atoms with E-state index in [2.05, 4.69) is 10.0 Å². The number of benzene rings is 1. The molecule has 1 aromatic carbocycles. The van der Waals surface area contributed by atoms with Gasteiger partial charge in [0, 0.05) is 13.1 Å². The van der Waals surface area contributed by atoms with E-state index in [1.165, 1.54) is 0 Å². The summed E-state index contributed by atoms with van der Waals surface area (Å²) in [7, 11) is -3.58. The van der Waals surface area contributed by atoms with Crippen molar-refractivity contribution in [2.24, 2.45) is 0 Å². The zero-order valence-electron chi connectivity index (χ0n) is 11.4. The van der Waals surface area contributed by atoms with Crippen molar-refractivity contribution in [2.45, 2.75) is 25.2 Å². The number of aryl methyl sites for hydroxylation is 2. The summed E-state index contributed by atoms with van der Waals surface area (Å²) in [6.45, 7) is 3.84. The van der Waals surface area contributed by atoms with Crippen LogP contribution < -0.4 is 10.0 Å². The number of hydrogen-bond donors (Lipinski definition) is 2. The lowest BCUT2D eigenvalue weighted by molar-refractivity contribution is -0.120. The van der Waals surface area contributed by atoms with Gasteiger partial charge in [0.15, 0.2) is 0 Å². The number of carbonyl (C=O) groups excluding carboxylic acids is 1. The molecule has 0 unspecified atom stereocenters. The molecule has 7 heteroatoms. The molecule has 0 aliphatic rings. The van der Waals surface area contributed by atoms with Gasteiger partial charge < -0.3 is 5.32 Å². The molecule has 6 nitrogen and oxygen atoms in total. The van der Waals surface area contributed by atoms with Crippen LogP contribution in [0.25, 0.3) is 0 Å². The van der Waals surface area contributed by atoms with Crippen LogP contribution in [0.5, 0.6) is 0 Å². The SMILES string of the molecule is Cc1ccc(S(=O)(=O)NCCNC(=O)CC#N)c(C)c1. The first-order chi connectivity index (χ1) is 9.36. The number of nitrogens with one attached hydrogen (secondary N) is 2. The minimum absolute atomic E-state index is 0.0762. The minimum Gasteiger partial charge on any atom is -0.354 e. The number of carbonyl (C=O) groups is 1. The molecule has 0 fully saturated rings. The smallest absolute Gasteiger partial charge is 0.240 e. The second kappa shape index (κ2) is 7.03. The summed E-state index contributed by atoms with van der Waals surface area (Å²) < 4.78 is 26.5. The van der Waals surface area contributed by atoms with E-state index in [4.69, 9.17) is 5.26 Å². The topological polar surface area (TPSA) is 99.1 Å². The van der Waals surface area contributed by atoms with Crippen molar-refractivity contribution in [1.29, 1.82) is 5.26 Å². The lowest BCUT2D eigenvalue weighted by atomic mass is 10.2. The van der Waals surface area contributed by atoms with E-state index in [1.54, 1.807) is 31.2 Å². The number of rotatable bonds is 6. The van der Waals surface area contributed by atoms with Crippen LogP contribution in [0.15, 0.2) is 23.1 Å². The molecule has 0 bridgehead atoms. The lowest BCUT2D eigenvalue weighted by Gasteiger charge is -2.10. The maximum atomic E-state index is 12.1. The molecule has 108 valence electrons. The highest BCUT2D eigenvalue weighted by molar-refractivity contribution is 7.89. The average Bonchev–Trinajstić information content (AvgIpc) is 2.34. The van der Waals surface area contributed by atoms with Crippen LogP contribution in [0.3, 0.4) is 0 Å². The summed E-state index contributed by atoms with van der Waals surface area (Å²) in [6.07, 6.45) is -0.232. The normalized spacial score (nSPS) is 10.8. The second-order valence-electron chi connectivity index (χ2n) is 4.35. The van der Waals surface area contributed by atoms with Crippen LogP contribution in [0.4, 0.5) is 0 Å². The number of hydrogen-bond acceptors (Lipinski definition) is 4. The first kappa shape index (κ1) is 16.1. The Balaban J connectivity index is 2.58. The molecule has 0 heterocycles. The highest BCUT2D eigenvalue weighted by Gasteiger charge is 2.15. The monoisotopic (exact) mass is 295 g/mol. The van der Waals surface area contributed by atoms with E-state index in [-0.39, 0.29) is 24.4 Å². The van der Waals surface area contributed by atoms with Gasteiger partial charge in [-0.3, -0.25) is 4.79 Å². The van der Waals surface area contributed by atoms with Crippen LogP contribution in [0.2, 0.25) is 0 Å². The summed E-state index contributed by atoms with van der Waals surface area (Å²) in [4.78, 5) is 11.2. The van der Waals surface area contributed by atoms with Gasteiger partial charge in [-0.1, -0.05) is 17.7 Å². The molecular formula is C13H17N3O3S. The van der Waals surface area contributed by atoms with E-state index in [9.17, 15) is 13.2 Å². The molecule has 0 radical (unpaired) electrons. The zero-order chi connectivity index (χ0) is 15.2. The van der Waals surface area contributed by atoms with Crippen LogP contribution in [-0.4, -0.2) is 27.4 Å². The molecule has 2 N–H and O–H groups in total. The van der Waals surface area contributed by atoms with Gasteiger partial charge in [0.1, 0.15) is 6.42 Å². The molecule has 1 rings (SSSR count). The first-order valence-electron chi connectivity index (χ1n) is 6.07. The lowest BCUT2D eigenvalue weighted by Crippen LogP contribution is -2.34. The molecule has 0 aliphatic carbocycles. The van der Waals surface area contributed by atoms with Crippen molar-refractivity contribution in [1.82, 2.24) is 10.0 Å². The summed E-state index contributed by atoms with van der Waals surface area (Å²) in [5.74, 6) is -0.418. The maximum absolute atomic E-state index is 12.1. The van der Waals surface area contributed by atoms with Crippen molar-refractivity contribution < 1.29 is 13.2 Å². The van der Waals surface area contributed by atoms with E-state index in [0.29, 0.717) is 5.56 Å². The number of amides is 1. The van der Waals surface area contributed by atoms with Gasteiger partial charge in [-0.25, -0.2) is 13.1 Å². The molecular weight excluding hydrogens is 278 g/mol. The maximum Gasteiger partial charge on any atom is 0.240 e. The Kier molecular flexibility index (Phi) is 5.67. The molecule has 0 aromatic heterocycles. The third kappa shape index (κ3) is 4.64.